The molecule has 1 atom stereocenters. The number of aromatic nitrogens is 1. The molecule has 0 saturated heterocycles. The van der Waals surface area contributed by atoms with Crippen molar-refractivity contribution in [2.24, 2.45) is 7.05 Å². The average molecular weight is 389 g/mol. The molecule has 1 aliphatic rings. The van der Waals surface area contributed by atoms with Gasteiger partial charge in [-0.05, 0) is 42.9 Å². The van der Waals surface area contributed by atoms with Gasteiger partial charge in [-0.1, -0.05) is 37.1 Å². The van der Waals surface area contributed by atoms with Crippen molar-refractivity contribution >= 4 is 11.9 Å². The monoisotopic (exact) mass is 389 g/mol. The number of hydrogen-bond donors (Lipinski definition) is 3. The number of carbonyl (C=O) groups is 2. The number of carboxylic acids is 1. The van der Waals surface area contributed by atoms with Crippen LogP contribution in [0.4, 0.5) is 0 Å². The van der Waals surface area contributed by atoms with Crippen LogP contribution in [-0.2, 0) is 22.2 Å². The molecule has 1 aliphatic carbocycles. The fourth-order valence-corrected chi connectivity index (χ4v) is 3.39. The number of aliphatic carboxylic acids is 1. The van der Waals surface area contributed by atoms with Gasteiger partial charge in [0.25, 0.3) is 0 Å². The van der Waals surface area contributed by atoms with Gasteiger partial charge >= 0.3 is 11.9 Å². The lowest BCUT2D eigenvalue weighted by molar-refractivity contribution is -0.154. The van der Waals surface area contributed by atoms with Gasteiger partial charge < -0.3 is 24.6 Å². The van der Waals surface area contributed by atoms with Crippen molar-refractivity contribution in [3.63, 3.8) is 0 Å². The molecular weight excluding hydrogens is 362 g/mol. The highest BCUT2D eigenvalue weighted by Gasteiger charge is 2.38. The van der Waals surface area contributed by atoms with E-state index in [9.17, 15) is 9.90 Å². The highest BCUT2D eigenvalue weighted by Crippen LogP contribution is 2.39. The van der Waals surface area contributed by atoms with Gasteiger partial charge in [0.05, 0.1) is 0 Å². The first-order chi connectivity index (χ1) is 13.3. The van der Waals surface area contributed by atoms with E-state index < -0.39 is 24.1 Å². The maximum atomic E-state index is 12.5. The van der Waals surface area contributed by atoms with Crippen LogP contribution < -0.4 is 4.74 Å². The third-order valence-electron chi connectivity index (χ3n) is 4.83. The smallest absolute Gasteiger partial charge is 0.347 e. The normalized spacial score (nSPS) is 16.0. The second-order valence-corrected chi connectivity index (χ2v) is 7.09. The predicted molar refractivity (Wildman–Crippen MR) is 103 cm³/mol. The van der Waals surface area contributed by atoms with Crippen LogP contribution in [0.25, 0.3) is 0 Å². The molecule has 0 bridgehead atoms. The maximum absolute atomic E-state index is 12.5. The zero-order valence-corrected chi connectivity index (χ0v) is 16.2. The number of hydrogen-bond acceptors (Lipinski definition) is 5. The first-order valence-electron chi connectivity index (χ1n) is 9.24. The standard InChI is InChI=1S/C19H23NO3.C2H4O3/c1-19(22,18(21)23-15-11-12-20(2)13-15)17-10-6-5-9-16(17)14-7-3-4-8-14;3-1-2(4)5/h5-6,9-14,22H,3-4,7-8H2,1-2H3;3H,1H2,(H,4,5). The number of carboxylic acid groups (broad SMARTS) is 1. The van der Waals surface area contributed by atoms with Crippen molar-refractivity contribution in [2.75, 3.05) is 6.61 Å². The lowest BCUT2D eigenvalue weighted by atomic mass is 9.85. The number of rotatable bonds is 5. The Bertz CT molecular complexity index is 805. The zero-order valence-electron chi connectivity index (χ0n) is 16.2. The molecule has 3 N–H and O–H groups in total. The second-order valence-electron chi connectivity index (χ2n) is 7.09. The Hall–Kier alpha value is -2.64. The summed E-state index contributed by atoms with van der Waals surface area (Å²) in [6, 6.07) is 9.39. The highest BCUT2D eigenvalue weighted by molar-refractivity contribution is 5.83. The van der Waals surface area contributed by atoms with Crippen LogP contribution in [0.2, 0.25) is 0 Å². The van der Waals surface area contributed by atoms with Crippen LogP contribution in [0.15, 0.2) is 42.7 Å². The topological polar surface area (TPSA) is 109 Å². The van der Waals surface area contributed by atoms with E-state index in [1.807, 2.05) is 31.3 Å². The molecule has 28 heavy (non-hydrogen) atoms. The molecule has 1 aromatic carbocycles. The van der Waals surface area contributed by atoms with Gasteiger partial charge in [-0.3, -0.25) is 0 Å². The molecule has 7 heteroatoms. The largest absolute Gasteiger partial charge is 0.480 e. The number of aliphatic hydroxyl groups excluding tert-OH is 1. The maximum Gasteiger partial charge on any atom is 0.347 e. The van der Waals surface area contributed by atoms with Crippen molar-refractivity contribution in [1.82, 2.24) is 4.57 Å². The first-order valence-corrected chi connectivity index (χ1v) is 9.24. The Labute approximate surface area is 164 Å². The van der Waals surface area contributed by atoms with E-state index in [-0.39, 0.29) is 0 Å². The van der Waals surface area contributed by atoms with E-state index in [0.29, 0.717) is 17.2 Å². The van der Waals surface area contributed by atoms with Gasteiger partial charge in [0.15, 0.2) is 5.60 Å². The molecule has 1 unspecified atom stereocenters. The van der Waals surface area contributed by atoms with E-state index in [0.717, 1.165) is 18.4 Å². The Morgan fingerprint density at radius 3 is 2.36 bits per heavy atom. The van der Waals surface area contributed by atoms with Crippen LogP contribution in [-0.4, -0.2) is 38.4 Å². The van der Waals surface area contributed by atoms with Gasteiger partial charge in [0, 0.05) is 19.4 Å². The van der Waals surface area contributed by atoms with Gasteiger partial charge in [-0.2, -0.15) is 0 Å². The van der Waals surface area contributed by atoms with Crippen molar-refractivity contribution in [1.29, 1.82) is 0 Å². The van der Waals surface area contributed by atoms with E-state index in [2.05, 4.69) is 0 Å². The number of carbonyl (C=O) groups excluding carboxylic acids is 1. The number of benzene rings is 1. The molecule has 0 spiro atoms. The van der Waals surface area contributed by atoms with E-state index >= 15 is 0 Å². The van der Waals surface area contributed by atoms with Crippen LogP contribution >= 0.6 is 0 Å². The minimum absolute atomic E-state index is 0.419. The summed E-state index contributed by atoms with van der Waals surface area (Å²) in [6.45, 7) is 0.742. The molecule has 3 rings (SSSR count). The Morgan fingerprint density at radius 2 is 1.82 bits per heavy atom. The molecule has 1 aromatic heterocycles. The minimum atomic E-state index is -1.66. The summed E-state index contributed by atoms with van der Waals surface area (Å²) in [7, 11) is 1.85. The highest BCUT2D eigenvalue weighted by atomic mass is 16.6. The van der Waals surface area contributed by atoms with Gasteiger partial charge in [-0.25, -0.2) is 9.59 Å². The fourth-order valence-electron chi connectivity index (χ4n) is 3.39. The molecule has 1 heterocycles. The summed E-state index contributed by atoms with van der Waals surface area (Å²) in [6.07, 6.45) is 8.13. The van der Waals surface area contributed by atoms with Gasteiger partial charge in [-0.15, -0.1) is 0 Å². The summed E-state index contributed by atoms with van der Waals surface area (Å²) >= 11 is 0. The number of nitrogens with zero attached hydrogens (tertiary/aromatic N) is 1. The Kier molecular flexibility index (Phi) is 7.37. The van der Waals surface area contributed by atoms with Crippen LogP contribution in [0.3, 0.4) is 0 Å². The summed E-state index contributed by atoms with van der Waals surface area (Å²) in [5.41, 5.74) is 0.0718. The summed E-state index contributed by atoms with van der Waals surface area (Å²) < 4.78 is 7.16. The number of esters is 1. The van der Waals surface area contributed by atoms with Crippen LogP contribution in [0, 0.1) is 0 Å². The number of aryl methyl sites for hydroxylation is 1. The fraction of sp³-hybridized carbons (Fsp3) is 0.429. The van der Waals surface area contributed by atoms with E-state index in [1.54, 1.807) is 23.0 Å². The SMILES string of the molecule is Cn1ccc(OC(=O)C(C)(O)c2ccccc2C2CCCC2)c1.O=C(O)CO. The van der Waals surface area contributed by atoms with Crippen LogP contribution in [0.5, 0.6) is 5.75 Å². The molecule has 1 fully saturated rings. The molecule has 7 nitrogen and oxygen atoms in total. The lowest BCUT2D eigenvalue weighted by Gasteiger charge is -2.26. The average Bonchev–Trinajstić information content (AvgIpc) is 3.34. The first kappa shape index (κ1) is 21.7. The molecule has 1 saturated carbocycles. The summed E-state index contributed by atoms with van der Waals surface area (Å²) in [5.74, 6) is -0.975. The molecule has 0 amide bonds. The third-order valence-corrected chi connectivity index (χ3v) is 4.83. The zero-order chi connectivity index (χ0) is 20.7. The van der Waals surface area contributed by atoms with Crippen molar-refractivity contribution in [3.05, 3.63) is 53.9 Å². The Balaban J connectivity index is 0.000000500. The Morgan fingerprint density at radius 1 is 1.21 bits per heavy atom. The van der Waals surface area contributed by atoms with Gasteiger partial charge in [0.1, 0.15) is 12.4 Å². The van der Waals surface area contributed by atoms with Gasteiger partial charge in [0.2, 0.25) is 0 Å². The van der Waals surface area contributed by atoms with Crippen molar-refractivity contribution in [3.8, 4) is 5.75 Å². The van der Waals surface area contributed by atoms with E-state index in [4.69, 9.17) is 19.7 Å². The number of ether oxygens (including phenoxy) is 1. The molecule has 0 radical (unpaired) electrons. The summed E-state index contributed by atoms with van der Waals surface area (Å²) in [5, 5.41) is 25.9. The quantitative estimate of drug-likeness (QED) is 0.678. The van der Waals surface area contributed by atoms with E-state index in [1.165, 1.54) is 19.8 Å². The molecular formula is C21H27NO6. The van der Waals surface area contributed by atoms with Crippen LogP contribution in [0.1, 0.15) is 49.7 Å². The molecule has 152 valence electrons. The van der Waals surface area contributed by atoms with Crippen molar-refractivity contribution < 1.29 is 29.6 Å². The third kappa shape index (κ3) is 5.43. The second kappa shape index (κ2) is 9.52. The van der Waals surface area contributed by atoms with Crippen molar-refractivity contribution in [2.45, 2.75) is 44.1 Å². The summed E-state index contributed by atoms with van der Waals surface area (Å²) in [4.78, 5) is 21.6. The minimum Gasteiger partial charge on any atom is -0.480 e. The predicted octanol–water partition coefficient (Wildman–Crippen LogP) is 2.56. The number of aliphatic hydroxyl groups is 2. The lowest BCUT2D eigenvalue weighted by Crippen LogP contribution is -2.37. The molecule has 2 aromatic rings. The molecule has 0 aliphatic heterocycles.